The Hall–Kier alpha value is -4.17. The highest BCUT2D eigenvalue weighted by Crippen LogP contribution is 2.30. The van der Waals surface area contributed by atoms with E-state index in [0.29, 0.717) is 22.6 Å². The van der Waals surface area contributed by atoms with E-state index in [-0.39, 0.29) is 12.5 Å². The quantitative estimate of drug-likeness (QED) is 0.397. The SMILES string of the molecule is Nc1ccc(-c2cccs2)cc1NC(=O)c1ccc([N]C(=O)OCc2cccnc2)cc1. The van der Waals surface area contributed by atoms with Gasteiger partial charge in [0.25, 0.3) is 5.91 Å². The molecule has 1 radical (unpaired) electrons. The molecule has 0 unspecified atom stereocenters. The topological polar surface area (TPSA) is 108 Å². The van der Waals surface area contributed by atoms with Crippen LogP contribution >= 0.6 is 11.3 Å². The number of rotatable bonds is 6. The van der Waals surface area contributed by atoms with Gasteiger partial charge in [0.1, 0.15) is 6.61 Å². The van der Waals surface area contributed by atoms with Gasteiger partial charge < -0.3 is 15.8 Å². The van der Waals surface area contributed by atoms with Crippen molar-refractivity contribution in [3.8, 4) is 10.4 Å². The standard InChI is InChI=1S/C24H19N4O3S/c25-20-10-7-18(22-4-2-12-32-22)13-21(20)28-23(29)17-5-8-19(9-6-17)27-24(30)31-15-16-3-1-11-26-14-16/h1-14H,15,25H2,(H,28,29). The van der Waals surface area contributed by atoms with Gasteiger partial charge in [-0.3, -0.25) is 9.78 Å². The minimum Gasteiger partial charge on any atom is -0.443 e. The third kappa shape index (κ3) is 5.30. The van der Waals surface area contributed by atoms with E-state index in [0.717, 1.165) is 16.0 Å². The van der Waals surface area contributed by atoms with Gasteiger partial charge in [0.15, 0.2) is 0 Å². The van der Waals surface area contributed by atoms with Crippen molar-refractivity contribution < 1.29 is 14.3 Å². The zero-order valence-corrected chi connectivity index (χ0v) is 17.7. The van der Waals surface area contributed by atoms with Gasteiger partial charge in [0.2, 0.25) is 0 Å². The number of nitrogens with zero attached hydrogens (tertiary/aromatic N) is 2. The lowest BCUT2D eigenvalue weighted by Gasteiger charge is -2.10. The van der Waals surface area contributed by atoms with Crippen molar-refractivity contribution in [1.82, 2.24) is 10.3 Å². The zero-order valence-electron chi connectivity index (χ0n) is 16.9. The summed E-state index contributed by atoms with van der Waals surface area (Å²) in [5.41, 5.74) is 9.59. The predicted molar refractivity (Wildman–Crippen MR) is 125 cm³/mol. The van der Waals surface area contributed by atoms with E-state index in [9.17, 15) is 9.59 Å². The van der Waals surface area contributed by atoms with Crippen LogP contribution in [0.5, 0.6) is 0 Å². The molecule has 32 heavy (non-hydrogen) atoms. The Bertz CT molecular complexity index is 1210. The van der Waals surface area contributed by atoms with Crippen LogP contribution in [0.4, 0.5) is 21.9 Å². The van der Waals surface area contributed by atoms with E-state index >= 15 is 0 Å². The fourth-order valence-electron chi connectivity index (χ4n) is 2.91. The second-order valence-corrected chi connectivity index (χ2v) is 7.76. The number of aromatic nitrogens is 1. The summed E-state index contributed by atoms with van der Waals surface area (Å²) in [4.78, 5) is 29.6. The summed E-state index contributed by atoms with van der Waals surface area (Å²) >= 11 is 1.61. The van der Waals surface area contributed by atoms with Crippen LogP contribution in [0, 0.1) is 0 Å². The molecule has 0 saturated carbocycles. The molecule has 2 heterocycles. The average Bonchev–Trinajstić information content (AvgIpc) is 3.35. The lowest BCUT2D eigenvalue weighted by atomic mass is 10.1. The normalized spacial score (nSPS) is 10.4. The fourth-order valence-corrected chi connectivity index (χ4v) is 3.63. The molecule has 0 saturated heterocycles. The highest BCUT2D eigenvalue weighted by molar-refractivity contribution is 7.13. The lowest BCUT2D eigenvalue weighted by Crippen LogP contribution is -2.14. The molecule has 0 aliphatic rings. The zero-order chi connectivity index (χ0) is 22.3. The van der Waals surface area contributed by atoms with Crippen LogP contribution in [-0.2, 0) is 11.3 Å². The lowest BCUT2D eigenvalue weighted by molar-refractivity contribution is 0.102. The van der Waals surface area contributed by atoms with Gasteiger partial charge in [-0.15, -0.1) is 11.3 Å². The van der Waals surface area contributed by atoms with Gasteiger partial charge in [-0.25, -0.2) is 4.79 Å². The third-order valence-electron chi connectivity index (χ3n) is 4.54. The maximum atomic E-state index is 12.7. The number of amides is 2. The number of nitrogen functional groups attached to an aromatic ring is 1. The van der Waals surface area contributed by atoms with Crippen molar-refractivity contribution in [2.24, 2.45) is 0 Å². The van der Waals surface area contributed by atoms with Crippen LogP contribution in [0.3, 0.4) is 0 Å². The number of hydrogen-bond acceptors (Lipinski definition) is 6. The predicted octanol–water partition coefficient (Wildman–Crippen LogP) is 5.22. The van der Waals surface area contributed by atoms with Crippen molar-refractivity contribution in [3.05, 3.63) is 95.6 Å². The van der Waals surface area contributed by atoms with Crippen molar-refractivity contribution in [2.45, 2.75) is 6.61 Å². The number of carbonyl (C=O) groups excluding carboxylic acids is 2. The van der Waals surface area contributed by atoms with E-state index in [2.05, 4.69) is 15.6 Å². The van der Waals surface area contributed by atoms with E-state index in [1.54, 1.807) is 66.2 Å². The molecule has 159 valence electrons. The summed E-state index contributed by atoms with van der Waals surface area (Å²) in [6.07, 6.45) is 2.54. The Morgan fingerprint density at radius 1 is 1.06 bits per heavy atom. The first kappa shape index (κ1) is 21.1. The summed E-state index contributed by atoms with van der Waals surface area (Å²) in [6.45, 7) is 0.0859. The van der Waals surface area contributed by atoms with Gasteiger partial charge in [-0.2, -0.15) is 5.32 Å². The maximum absolute atomic E-state index is 12.7. The highest BCUT2D eigenvalue weighted by Gasteiger charge is 2.12. The highest BCUT2D eigenvalue weighted by atomic mass is 32.1. The molecule has 0 aliphatic carbocycles. The van der Waals surface area contributed by atoms with Crippen LogP contribution in [0.2, 0.25) is 0 Å². The number of thiophene rings is 1. The number of nitrogens with one attached hydrogen (secondary N) is 1. The smallest absolute Gasteiger partial charge is 0.434 e. The molecule has 2 aromatic heterocycles. The van der Waals surface area contributed by atoms with Crippen molar-refractivity contribution in [1.29, 1.82) is 0 Å². The Balaban J connectivity index is 1.36. The van der Waals surface area contributed by atoms with E-state index < -0.39 is 6.09 Å². The second kappa shape index (κ2) is 9.76. The molecule has 3 N–H and O–H groups in total. The first-order valence-corrected chi connectivity index (χ1v) is 10.6. The summed E-state index contributed by atoms with van der Waals surface area (Å²) in [7, 11) is 0. The van der Waals surface area contributed by atoms with Crippen molar-refractivity contribution in [2.75, 3.05) is 11.1 Å². The molecule has 0 fully saturated rings. The van der Waals surface area contributed by atoms with Gasteiger partial charge in [-0.05, 0) is 59.5 Å². The van der Waals surface area contributed by atoms with Crippen LogP contribution in [-0.4, -0.2) is 17.0 Å². The van der Waals surface area contributed by atoms with Crippen molar-refractivity contribution in [3.63, 3.8) is 0 Å². The fraction of sp³-hybridized carbons (Fsp3) is 0.0417. The third-order valence-corrected chi connectivity index (χ3v) is 5.46. The van der Waals surface area contributed by atoms with Crippen LogP contribution in [0.25, 0.3) is 10.4 Å². The van der Waals surface area contributed by atoms with Crippen LogP contribution < -0.4 is 16.4 Å². The first-order chi connectivity index (χ1) is 15.6. The Morgan fingerprint density at radius 2 is 1.91 bits per heavy atom. The molecule has 0 spiro atoms. The molecule has 0 bridgehead atoms. The number of nitrogens with two attached hydrogens (primary N) is 1. The number of ether oxygens (including phenoxy) is 1. The van der Waals surface area contributed by atoms with E-state index in [1.807, 2.05) is 29.6 Å². The molecular weight excluding hydrogens is 424 g/mol. The molecule has 0 aliphatic heterocycles. The monoisotopic (exact) mass is 443 g/mol. The molecule has 2 aromatic carbocycles. The summed E-state index contributed by atoms with van der Waals surface area (Å²) in [6, 6.07) is 19.4. The molecule has 8 heteroatoms. The van der Waals surface area contributed by atoms with E-state index in [1.165, 1.54) is 0 Å². The molecule has 7 nitrogen and oxygen atoms in total. The van der Waals surface area contributed by atoms with Crippen LogP contribution in [0.1, 0.15) is 15.9 Å². The number of hydrogen-bond donors (Lipinski definition) is 2. The molecular formula is C24H19N4O3S. The molecule has 2 amide bonds. The average molecular weight is 444 g/mol. The number of pyridine rings is 1. The van der Waals surface area contributed by atoms with Crippen molar-refractivity contribution >= 4 is 40.4 Å². The largest absolute Gasteiger partial charge is 0.443 e. The van der Waals surface area contributed by atoms with Gasteiger partial charge in [0, 0.05) is 28.4 Å². The summed E-state index contributed by atoms with van der Waals surface area (Å²) in [5, 5.41) is 8.71. The Kier molecular flexibility index (Phi) is 6.43. The van der Waals surface area contributed by atoms with Gasteiger partial charge in [0.05, 0.1) is 17.1 Å². The minimum absolute atomic E-state index is 0.0859. The maximum Gasteiger partial charge on any atom is 0.434 e. The van der Waals surface area contributed by atoms with Gasteiger partial charge in [-0.1, -0.05) is 18.2 Å². The second-order valence-electron chi connectivity index (χ2n) is 6.81. The first-order valence-electron chi connectivity index (χ1n) is 9.71. The van der Waals surface area contributed by atoms with Gasteiger partial charge >= 0.3 is 6.09 Å². The molecule has 0 atom stereocenters. The summed E-state index contributed by atoms with van der Waals surface area (Å²) in [5.74, 6) is -0.314. The Labute approximate surface area is 188 Å². The summed E-state index contributed by atoms with van der Waals surface area (Å²) < 4.78 is 5.11. The number of benzene rings is 2. The van der Waals surface area contributed by atoms with Crippen LogP contribution in [0.15, 0.2) is 84.5 Å². The van der Waals surface area contributed by atoms with E-state index in [4.69, 9.17) is 10.5 Å². The Morgan fingerprint density at radius 3 is 2.62 bits per heavy atom. The number of carbonyl (C=O) groups is 2. The minimum atomic E-state index is -0.718. The number of anilines is 2. The molecule has 4 aromatic rings. The molecule has 4 rings (SSSR count).